The minimum atomic E-state index is -0.159. The molecular formula is C13H16N4O2. The maximum absolute atomic E-state index is 12.0. The molecule has 0 bridgehead atoms. The molecule has 0 radical (unpaired) electrons. The molecule has 2 aromatic rings. The highest BCUT2D eigenvalue weighted by molar-refractivity contribution is 5.94. The number of pyridine rings is 1. The van der Waals surface area contributed by atoms with Crippen LogP contribution in [0.2, 0.25) is 0 Å². The van der Waals surface area contributed by atoms with Gasteiger partial charge in [0.15, 0.2) is 0 Å². The van der Waals surface area contributed by atoms with Crippen LogP contribution in [0.15, 0.2) is 34.9 Å². The van der Waals surface area contributed by atoms with Gasteiger partial charge in [-0.15, -0.1) is 0 Å². The number of anilines is 1. The molecule has 0 aliphatic heterocycles. The third-order valence-corrected chi connectivity index (χ3v) is 2.60. The van der Waals surface area contributed by atoms with Crippen molar-refractivity contribution in [3.63, 3.8) is 0 Å². The molecule has 19 heavy (non-hydrogen) atoms. The van der Waals surface area contributed by atoms with E-state index in [9.17, 15) is 4.79 Å². The normalized spacial score (nSPS) is 10.2. The monoisotopic (exact) mass is 260 g/mol. The number of hydrazine groups is 1. The van der Waals surface area contributed by atoms with E-state index in [1.807, 2.05) is 12.1 Å². The molecule has 2 aromatic heterocycles. The number of aryl methyl sites for hydroxylation is 1. The van der Waals surface area contributed by atoms with Crippen LogP contribution in [0.3, 0.4) is 0 Å². The molecule has 1 amide bonds. The van der Waals surface area contributed by atoms with Crippen LogP contribution in [0.4, 0.5) is 5.82 Å². The summed E-state index contributed by atoms with van der Waals surface area (Å²) in [4.78, 5) is 16.1. The number of nitrogens with two attached hydrogens (primary N) is 1. The Balaban J connectivity index is 1.94. The summed E-state index contributed by atoms with van der Waals surface area (Å²) in [7, 11) is 0. The largest absolute Gasteiger partial charge is 0.469 e. The predicted octanol–water partition coefficient (Wildman–Crippen LogP) is 1.24. The first-order chi connectivity index (χ1) is 9.19. The molecule has 4 N–H and O–H groups in total. The first-order valence-electron chi connectivity index (χ1n) is 5.95. The molecule has 6 nitrogen and oxygen atoms in total. The number of hydrogen-bond acceptors (Lipinski definition) is 5. The van der Waals surface area contributed by atoms with Gasteiger partial charge in [-0.2, -0.15) is 0 Å². The van der Waals surface area contributed by atoms with Crippen LogP contribution in [0.5, 0.6) is 0 Å². The number of amides is 1. The predicted molar refractivity (Wildman–Crippen MR) is 71.5 cm³/mol. The van der Waals surface area contributed by atoms with Gasteiger partial charge in [0.2, 0.25) is 0 Å². The summed E-state index contributed by atoms with van der Waals surface area (Å²) >= 11 is 0. The van der Waals surface area contributed by atoms with Gasteiger partial charge in [0.05, 0.1) is 6.26 Å². The van der Waals surface area contributed by atoms with Crippen molar-refractivity contribution in [2.24, 2.45) is 5.84 Å². The van der Waals surface area contributed by atoms with Crippen LogP contribution < -0.4 is 16.6 Å². The fraction of sp³-hybridized carbons (Fsp3) is 0.231. The summed E-state index contributed by atoms with van der Waals surface area (Å²) in [5, 5.41) is 2.82. The van der Waals surface area contributed by atoms with E-state index >= 15 is 0 Å². The lowest BCUT2D eigenvalue weighted by Crippen LogP contribution is -2.26. The van der Waals surface area contributed by atoms with Crippen molar-refractivity contribution in [3.05, 3.63) is 47.5 Å². The fourth-order valence-electron chi connectivity index (χ4n) is 1.73. The minimum Gasteiger partial charge on any atom is -0.469 e. The number of carbonyl (C=O) groups excluding carboxylic acids is 1. The Kier molecular flexibility index (Phi) is 4.15. The second-order valence-electron chi connectivity index (χ2n) is 4.11. The summed E-state index contributed by atoms with van der Waals surface area (Å²) < 4.78 is 5.19. The van der Waals surface area contributed by atoms with Gasteiger partial charge in [-0.1, -0.05) is 0 Å². The molecule has 100 valence electrons. The number of nitrogens with zero attached hydrogens (tertiary/aromatic N) is 1. The Bertz CT molecular complexity index is 552. The lowest BCUT2D eigenvalue weighted by atomic mass is 10.2. The van der Waals surface area contributed by atoms with Gasteiger partial charge in [0, 0.05) is 24.2 Å². The molecule has 6 heteroatoms. The van der Waals surface area contributed by atoms with Crippen LogP contribution in [0.25, 0.3) is 0 Å². The van der Waals surface area contributed by atoms with Crippen LogP contribution in [-0.4, -0.2) is 17.4 Å². The topological polar surface area (TPSA) is 93.2 Å². The van der Waals surface area contributed by atoms with Gasteiger partial charge in [-0.05, 0) is 31.2 Å². The van der Waals surface area contributed by atoms with Gasteiger partial charge in [-0.25, -0.2) is 10.8 Å². The van der Waals surface area contributed by atoms with Gasteiger partial charge in [0.1, 0.15) is 11.6 Å². The quantitative estimate of drug-likeness (QED) is 0.555. The molecule has 0 aromatic carbocycles. The molecule has 0 fully saturated rings. The summed E-state index contributed by atoms with van der Waals surface area (Å²) in [5.41, 5.74) is 3.69. The van der Waals surface area contributed by atoms with Gasteiger partial charge in [-0.3, -0.25) is 4.79 Å². The van der Waals surface area contributed by atoms with E-state index in [4.69, 9.17) is 10.3 Å². The van der Waals surface area contributed by atoms with E-state index in [0.29, 0.717) is 24.3 Å². The van der Waals surface area contributed by atoms with Gasteiger partial charge in [0.25, 0.3) is 5.91 Å². The lowest BCUT2D eigenvalue weighted by molar-refractivity contribution is 0.0953. The minimum absolute atomic E-state index is 0.159. The van der Waals surface area contributed by atoms with Crippen molar-refractivity contribution in [2.75, 3.05) is 12.0 Å². The Morgan fingerprint density at radius 2 is 2.32 bits per heavy atom. The number of hydrogen-bond donors (Lipinski definition) is 3. The Hall–Kier alpha value is -2.34. The van der Waals surface area contributed by atoms with E-state index < -0.39 is 0 Å². The van der Waals surface area contributed by atoms with Crippen LogP contribution in [-0.2, 0) is 6.42 Å². The number of rotatable bonds is 5. The second kappa shape index (κ2) is 6.01. The Morgan fingerprint density at radius 3 is 3.00 bits per heavy atom. The van der Waals surface area contributed by atoms with Crippen molar-refractivity contribution in [1.29, 1.82) is 0 Å². The van der Waals surface area contributed by atoms with Crippen LogP contribution in [0.1, 0.15) is 21.8 Å². The highest BCUT2D eigenvalue weighted by Crippen LogP contribution is 2.09. The highest BCUT2D eigenvalue weighted by Gasteiger charge is 2.08. The molecule has 2 heterocycles. The molecule has 0 spiro atoms. The SMILES string of the molecule is Cc1cc(C(=O)NCCc2ccco2)cc(NN)n1. The third-order valence-electron chi connectivity index (χ3n) is 2.60. The summed E-state index contributed by atoms with van der Waals surface area (Å²) in [6, 6.07) is 7.01. The third kappa shape index (κ3) is 3.56. The van der Waals surface area contributed by atoms with E-state index in [-0.39, 0.29) is 5.91 Å². The lowest BCUT2D eigenvalue weighted by Gasteiger charge is -2.07. The van der Waals surface area contributed by atoms with Crippen molar-refractivity contribution in [2.45, 2.75) is 13.3 Å². The van der Waals surface area contributed by atoms with Crippen molar-refractivity contribution in [3.8, 4) is 0 Å². The zero-order valence-corrected chi connectivity index (χ0v) is 10.6. The van der Waals surface area contributed by atoms with E-state index in [0.717, 1.165) is 11.5 Å². The van der Waals surface area contributed by atoms with Crippen molar-refractivity contribution in [1.82, 2.24) is 10.3 Å². The number of furan rings is 1. The Labute approximate surface area is 111 Å². The standard InChI is InChI=1S/C13H16N4O2/c1-9-7-10(8-12(16-9)17-14)13(18)15-5-4-11-3-2-6-19-11/h2-3,6-8H,4-5,14H2,1H3,(H,15,18)(H,16,17). The van der Waals surface area contributed by atoms with Crippen molar-refractivity contribution >= 4 is 11.7 Å². The maximum Gasteiger partial charge on any atom is 0.251 e. The van der Waals surface area contributed by atoms with Crippen LogP contribution >= 0.6 is 0 Å². The highest BCUT2D eigenvalue weighted by atomic mass is 16.3. The molecule has 0 aliphatic rings. The summed E-state index contributed by atoms with van der Waals surface area (Å²) in [6.07, 6.45) is 2.27. The molecule has 0 saturated carbocycles. The average molecular weight is 260 g/mol. The number of aromatic nitrogens is 1. The Morgan fingerprint density at radius 1 is 1.47 bits per heavy atom. The number of carbonyl (C=O) groups is 1. The van der Waals surface area contributed by atoms with Crippen LogP contribution in [0, 0.1) is 6.92 Å². The molecule has 0 aliphatic carbocycles. The first-order valence-corrected chi connectivity index (χ1v) is 5.95. The number of nitrogens with one attached hydrogen (secondary N) is 2. The second-order valence-corrected chi connectivity index (χ2v) is 4.11. The molecule has 0 saturated heterocycles. The van der Waals surface area contributed by atoms with E-state index in [2.05, 4.69) is 15.7 Å². The van der Waals surface area contributed by atoms with Crippen molar-refractivity contribution < 1.29 is 9.21 Å². The number of nitrogen functional groups attached to an aromatic ring is 1. The zero-order valence-electron chi connectivity index (χ0n) is 10.6. The fourth-order valence-corrected chi connectivity index (χ4v) is 1.73. The van der Waals surface area contributed by atoms with E-state index in [1.54, 1.807) is 25.3 Å². The molecular weight excluding hydrogens is 244 g/mol. The summed E-state index contributed by atoms with van der Waals surface area (Å²) in [5.74, 6) is 6.45. The van der Waals surface area contributed by atoms with Gasteiger partial charge >= 0.3 is 0 Å². The molecule has 2 rings (SSSR count). The summed E-state index contributed by atoms with van der Waals surface area (Å²) in [6.45, 7) is 2.32. The first kappa shape index (κ1) is 13.1. The maximum atomic E-state index is 12.0. The molecule has 0 unspecified atom stereocenters. The zero-order chi connectivity index (χ0) is 13.7. The average Bonchev–Trinajstić information content (AvgIpc) is 2.91. The molecule has 0 atom stereocenters. The smallest absolute Gasteiger partial charge is 0.251 e. The van der Waals surface area contributed by atoms with Gasteiger partial charge < -0.3 is 15.2 Å². The van der Waals surface area contributed by atoms with E-state index in [1.165, 1.54) is 0 Å².